The first-order valence-electron chi connectivity index (χ1n) is 11.3. The summed E-state index contributed by atoms with van der Waals surface area (Å²) < 4.78 is 13.2. The van der Waals surface area contributed by atoms with Gasteiger partial charge in [0.1, 0.15) is 5.82 Å². The van der Waals surface area contributed by atoms with Gasteiger partial charge in [-0.1, -0.05) is 36.4 Å². The number of halogens is 1. The molecule has 4 rings (SSSR count). The summed E-state index contributed by atoms with van der Waals surface area (Å²) in [7, 11) is 0. The number of amides is 1. The summed E-state index contributed by atoms with van der Waals surface area (Å²) in [6.07, 6.45) is 3.27. The Morgan fingerprint density at radius 2 is 1.52 bits per heavy atom. The lowest BCUT2D eigenvalue weighted by molar-refractivity contribution is -0.142. The summed E-state index contributed by atoms with van der Waals surface area (Å²) in [4.78, 5) is 26.5. The molecule has 0 unspecified atom stereocenters. The number of aryl methyl sites for hydroxylation is 2. The van der Waals surface area contributed by atoms with Gasteiger partial charge in [0.2, 0.25) is 0 Å². The van der Waals surface area contributed by atoms with Crippen LogP contribution in [0.25, 0.3) is 11.1 Å². The van der Waals surface area contributed by atoms with Crippen molar-refractivity contribution in [2.45, 2.75) is 52.0 Å². The number of aliphatic carboxylic acids is 1. The number of carboxylic acid groups (broad SMARTS) is 1. The fourth-order valence-electron chi connectivity index (χ4n) is 4.64. The monoisotopic (exact) mass is 465 g/mol. The molecule has 1 aliphatic rings. The third-order valence-corrected chi connectivity index (χ3v) is 7.60. The normalized spacial score (nSPS) is 18.2. The van der Waals surface area contributed by atoms with Gasteiger partial charge in [-0.3, -0.25) is 9.59 Å². The maximum Gasteiger partial charge on any atom is 0.306 e. The second-order valence-electron chi connectivity index (χ2n) is 8.81. The van der Waals surface area contributed by atoms with Crippen LogP contribution in [0.15, 0.2) is 48.5 Å². The number of hydrogen-bond acceptors (Lipinski definition) is 3. The van der Waals surface area contributed by atoms with Gasteiger partial charge >= 0.3 is 5.97 Å². The summed E-state index contributed by atoms with van der Waals surface area (Å²) in [5.74, 6) is -1.35. The van der Waals surface area contributed by atoms with Crippen molar-refractivity contribution < 1.29 is 19.1 Å². The van der Waals surface area contributed by atoms with E-state index in [0.717, 1.165) is 37.6 Å². The van der Waals surface area contributed by atoms with Crippen molar-refractivity contribution in [2.75, 3.05) is 0 Å². The molecule has 0 atom stereocenters. The Bertz CT molecular complexity index is 1140. The van der Waals surface area contributed by atoms with E-state index in [0.29, 0.717) is 32.1 Å². The highest BCUT2D eigenvalue weighted by atomic mass is 32.1. The average molecular weight is 466 g/mol. The zero-order chi connectivity index (χ0) is 23.5. The fourth-order valence-corrected chi connectivity index (χ4v) is 5.72. The highest BCUT2D eigenvalue weighted by Gasteiger charge is 2.28. The molecule has 1 aliphatic carbocycles. The molecule has 1 aromatic heterocycles. The third kappa shape index (κ3) is 5.33. The molecule has 1 fully saturated rings. The van der Waals surface area contributed by atoms with E-state index in [1.165, 1.54) is 12.1 Å². The van der Waals surface area contributed by atoms with Crippen LogP contribution in [0.5, 0.6) is 0 Å². The maximum absolute atomic E-state index is 13.2. The highest BCUT2D eigenvalue weighted by molar-refractivity contribution is 7.12. The van der Waals surface area contributed by atoms with Crippen LogP contribution >= 0.6 is 11.3 Å². The molecule has 0 radical (unpaired) electrons. The molecule has 1 amide bonds. The summed E-state index contributed by atoms with van der Waals surface area (Å²) >= 11 is 1.64. The minimum absolute atomic E-state index is 0.0237. The first-order valence-corrected chi connectivity index (χ1v) is 12.1. The van der Waals surface area contributed by atoms with Crippen LogP contribution in [0.4, 0.5) is 4.39 Å². The van der Waals surface area contributed by atoms with E-state index in [9.17, 15) is 19.1 Å². The standard InChI is InChI=1S/C27H28FNO3S/c1-16-24(15-18-3-5-19(6-4-18)20-7-11-22(28)12-8-20)25(17(2)33-16)26(30)29-23-13-9-21(10-14-23)27(31)32/h3-8,11-12,21,23H,9-10,13-15H2,1-2H3,(H,29,30)(H,31,32). The van der Waals surface area contributed by atoms with Crippen LogP contribution in [0.1, 0.15) is 56.9 Å². The molecule has 3 aromatic rings. The quantitative estimate of drug-likeness (QED) is 0.460. The van der Waals surface area contributed by atoms with Gasteiger partial charge in [-0.2, -0.15) is 0 Å². The predicted octanol–water partition coefficient (Wildman–Crippen LogP) is 6.14. The van der Waals surface area contributed by atoms with Crippen LogP contribution in [0.3, 0.4) is 0 Å². The van der Waals surface area contributed by atoms with E-state index in [-0.39, 0.29) is 23.7 Å². The lowest BCUT2D eigenvalue weighted by Crippen LogP contribution is -2.39. The van der Waals surface area contributed by atoms with E-state index in [2.05, 4.69) is 24.4 Å². The number of nitrogens with one attached hydrogen (secondary N) is 1. The van der Waals surface area contributed by atoms with Crippen LogP contribution in [0, 0.1) is 25.6 Å². The molecule has 2 aromatic carbocycles. The second-order valence-corrected chi connectivity index (χ2v) is 10.2. The van der Waals surface area contributed by atoms with Crippen molar-refractivity contribution in [3.05, 3.63) is 80.8 Å². The minimum atomic E-state index is -0.739. The maximum atomic E-state index is 13.2. The molecule has 4 nitrogen and oxygen atoms in total. The number of carbonyl (C=O) groups is 2. The van der Waals surface area contributed by atoms with Crippen molar-refractivity contribution in [1.82, 2.24) is 5.32 Å². The van der Waals surface area contributed by atoms with Crippen molar-refractivity contribution in [3.63, 3.8) is 0 Å². The molecule has 0 bridgehead atoms. The number of carboxylic acids is 1. The van der Waals surface area contributed by atoms with Crippen LogP contribution in [-0.4, -0.2) is 23.0 Å². The molecule has 0 saturated heterocycles. The number of carbonyl (C=O) groups excluding carboxylic acids is 1. The number of thiophene rings is 1. The Kier molecular flexibility index (Phi) is 6.94. The van der Waals surface area contributed by atoms with Crippen LogP contribution in [-0.2, 0) is 11.2 Å². The Morgan fingerprint density at radius 1 is 0.939 bits per heavy atom. The van der Waals surface area contributed by atoms with E-state index in [1.807, 2.05) is 19.1 Å². The first kappa shape index (κ1) is 23.2. The minimum Gasteiger partial charge on any atom is -0.481 e. The molecule has 172 valence electrons. The molecule has 1 saturated carbocycles. The number of rotatable bonds is 6. The van der Waals surface area contributed by atoms with Crippen LogP contribution < -0.4 is 5.32 Å². The lowest BCUT2D eigenvalue weighted by atomic mass is 9.86. The number of benzene rings is 2. The lowest BCUT2D eigenvalue weighted by Gasteiger charge is -2.27. The molecule has 2 N–H and O–H groups in total. The van der Waals surface area contributed by atoms with Crippen LogP contribution in [0.2, 0.25) is 0 Å². The van der Waals surface area contributed by atoms with Crippen molar-refractivity contribution in [3.8, 4) is 11.1 Å². The smallest absolute Gasteiger partial charge is 0.306 e. The summed E-state index contributed by atoms with van der Waals surface area (Å²) in [5, 5.41) is 12.3. The van der Waals surface area contributed by atoms with Crippen molar-refractivity contribution >= 4 is 23.2 Å². The van der Waals surface area contributed by atoms with Gasteiger partial charge in [0, 0.05) is 15.8 Å². The molecule has 0 aliphatic heterocycles. The molecular weight excluding hydrogens is 437 g/mol. The Morgan fingerprint density at radius 3 is 2.09 bits per heavy atom. The first-order chi connectivity index (χ1) is 15.8. The molecule has 6 heteroatoms. The fraction of sp³-hybridized carbons (Fsp3) is 0.333. The number of hydrogen-bond donors (Lipinski definition) is 2. The molecule has 33 heavy (non-hydrogen) atoms. The van der Waals surface area contributed by atoms with E-state index >= 15 is 0 Å². The zero-order valence-corrected chi connectivity index (χ0v) is 19.7. The summed E-state index contributed by atoms with van der Waals surface area (Å²) in [5.41, 5.74) is 4.89. The van der Waals surface area contributed by atoms with Crippen molar-refractivity contribution in [2.24, 2.45) is 5.92 Å². The predicted molar refractivity (Wildman–Crippen MR) is 129 cm³/mol. The van der Waals surface area contributed by atoms with Crippen molar-refractivity contribution in [1.29, 1.82) is 0 Å². The zero-order valence-electron chi connectivity index (χ0n) is 18.9. The largest absolute Gasteiger partial charge is 0.481 e. The molecule has 1 heterocycles. The van der Waals surface area contributed by atoms with Gasteiger partial charge in [0.05, 0.1) is 11.5 Å². The highest BCUT2D eigenvalue weighted by Crippen LogP contribution is 2.31. The SMILES string of the molecule is Cc1sc(C)c(C(=O)NC2CCC(C(=O)O)CC2)c1Cc1ccc(-c2ccc(F)cc2)cc1. The van der Waals surface area contributed by atoms with Gasteiger partial charge in [-0.15, -0.1) is 11.3 Å². The Balaban J connectivity index is 1.47. The van der Waals surface area contributed by atoms with Gasteiger partial charge in [-0.25, -0.2) is 4.39 Å². The Labute approximate surface area is 197 Å². The van der Waals surface area contributed by atoms with E-state index < -0.39 is 5.97 Å². The summed E-state index contributed by atoms with van der Waals surface area (Å²) in [6, 6.07) is 14.6. The van der Waals surface area contributed by atoms with E-state index in [1.54, 1.807) is 23.5 Å². The third-order valence-electron chi connectivity index (χ3n) is 6.54. The Hall–Kier alpha value is -2.99. The molecule has 0 spiro atoms. The van der Waals surface area contributed by atoms with Gasteiger partial charge < -0.3 is 10.4 Å². The van der Waals surface area contributed by atoms with Gasteiger partial charge in [-0.05, 0) is 80.3 Å². The summed E-state index contributed by atoms with van der Waals surface area (Å²) in [6.45, 7) is 4.03. The van der Waals surface area contributed by atoms with E-state index in [4.69, 9.17) is 0 Å². The molecular formula is C27H28FNO3S. The second kappa shape index (κ2) is 9.87. The average Bonchev–Trinajstić information content (AvgIpc) is 3.08. The van der Waals surface area contributed by atoms with Gasteiger partial charge in [0.25, 0.3) is 5.91 Å². The topological polar surface area (TPSA) is 66.4 Å². The van der Waals surface area contributed by atoms with Gasteiger partial charge in [0.15, 0.2) is 0 Å².